The average molecular weight is 306 g/mol. The third-order valence-corrected chi connectivity index (χ3v) is 3.91. The van der Waals surface area contributed by atoms with Crippen LogP contribution in [0.25, 0.3) is 10.2 Å². The number of nitrogens with zero attached hydrogens (tertiary/aromatic N) is 2. The maximum Gasteiger partial charge on any atom is 0.232 e. The van der Waals surface area contributed by atoms with E-state index in [1.807, 2.05) is 30.5 Å². The molecule has 0 fully saturated rings. The minimum Gasteiger partial charge on any atom is -0.438 e. The van der Waals surface area contributed by atoms with Crippen molar-refractivity contribution in [1.82, 2.24) is 9.97 Å². The van der Waals surface area contributed by atoms with Crippen molar-refractivity contribution in [2.75, 3.05) is 12.4 Å². The molecular weight excluding hydrogens is 294 g/mol. The summed E-state index contributed by atoms with van der Waals surface area (Å²) in [6.45, 7) is 1.97. The quantitative estimate of drug-likeness (QED) is 0.774. The van der Waals surface area contributed by atoms with Crippen LogP contribution in [0, 0.1) is 6.92 Å². The standard InChI is InChI=1S/C14H12ClN3OS/c1-8-3-4-9(15)7-11(8)19-12-10-5-6-20-13(10)18-14(16-2)17-12/h3-7H,1-2H3,(H,16,17,18). The highest BCUT2D eigenvalue weighted by atomic mass is 35.5. The molecule has 0 spiro atoms. The van der Waals surface area contributed by atoms with Gasteiger partial charge in [0.1, 0.15) is 10.6 Å². The minimum atomic E-state index is 0.533. The van der Waals surface area contributed by atoms with Crippen LogP contribution >= 0.6 is 22.9 Å². The summed E-state index contributed by atoms with van der Waals surface area (Å²) in [5.41, 5.74) is 1.00. The van der Waals surface area contributed by atoms with Gasteiger partial charge >= 0.3 is 0 Å². The fraction of sp³-hybridized carbons (Fsp3) is 0.143. The fourth-order valence-electron chi connectivity index (χ4n) is 1.81. The molecule has 102 valence electrons. The normalized spacial score (nSPS) is 10.8. The zero-order chi connectivity index (χ0) is 14.1. The van der Waals surface area contributed by atoms with Gasteiger partial charge in [-0.3, -0.25) is 0 Å². The van der Waals surface area contributed by atoms with Gasteiger partial charge in [0.25, 0.3) is 0 Å². The zero-order valence-electron chi connectivity index (χ0n) is 11.0. The lowest BCUT2D eigenvalue weighted by atomic mass is 10.2. The maximum atomic E-state index is 6.02. The van der Waals surface area contributed by atoms with Crippen molar-refractivity contribution < 1.29 is 4.74 Å². The van der Waals surface area contributed by atoms with Crippen molar-refractivity contribution in [2.24, 2.45) is 0 Å². The number of aromatic nitrogens is 2. The number of ether oxygens (including phenoxy) is 1. The molecule has 0 unspecified atom stereocenters. The molecule has 6 heteroatoms. The van der Waals surface area contributed by atoms with Crippen LogP contribution in [0.15, 0.2) is 29.6 Å². The summed E-state index contributed by atoms with van der Waals surface area (Å²) < 4.78 is 5.94. The van der Waals surface area contributed by atoms with E-state index in [9.17, 15) is 0 Å². The van der Waals surface area contributed by atoms with E-state index in [-0.39, 0.29) is 0 Å². The monoisotopic (exact) mass is 305 g/mol. The van der Waals surface area contributed by atoms with Crippen molar-refractivity contribution in [3.05, 3.63) is 40.2 Å². The Morgan fingerprint density at radius 2 is 2.10 bits per heavy atom. The lowest BCUT2D eigenvalue weighted by Crippen LogP contribution is -1.98. The first-order chi connectivity index (χ1) is 9.67. The molecule has 0 saturated heterocycles. The molecule has 20 heavy (non-hydrogen) atoms. The Morgan fingerprint density at radius 1 is 1.25 bits per heavy atom. The number of aryl methyl sites for hydroxylation is 1. The van der Waals surface area contributed by atoms with Gasteiger partial charge in [-0.05, 0) is 36.1 Å². The number of hydrogen-bond donors (Lipinski definition) is 1. The van der Waals surface area contributed by atoms with Crippen LogP contribution in [-0.4, -0.2) is 17.0 Å². The molecule has 0 bridgehead atoms. The smallest absolute Gasteiger partial charge is 0.232 e. The van der Waals surface area contributed by atoms with Crippen molar-refractivity contribution in [1.29, 1.82) is 0 Å². The van der Waals surface area contributed by atoms with Crippen molar-refractivity contribution in [3.8, 4) is 11.6 Å². The summed E-state index contributed by atoms with van der Waals surface area (Å²) in [6.07, 6.45) is 0. The first kappa shape index (κ1) is 13.1. The molecule has 0 atom stereocenters. The second kappa shape index (κ2) is 5.26. The largest absolute Gasteiger partial charge is 0.438 e. The number of rotatable bonds is 3. The van der Waals surface area contributed by atoms with E-state index < -0.39 is 0 Å². The molecule has 4 nitrogen and oxygen atoms in total. The van der Waals surface area contributed by atoms with Gasteiger partial charge in [-0.25, -0.2) is 4.98 Å². The van der Waals surface area contributed by atoms with Crippen LogP contribution in [0.3, 0.4) is 0 Å². The second-order valence-corrected chi connectivity index (χ2v) is 5.58. The van der Waals surface area contributed by atoms with Gasteiger partial charge in [-0.1, -0.05) is 17.7 Å². The van der Waals surface area contributed by atoms with Gasteiger partial charge in [0.15, 0.2) is 0 Å². The van der Waals surface area contributed by atoms with Crippen LogP contribution in [0.1, 0.15) is 5.56 Å². The SMILES string of the molecule is CNc1nc(Oc2cc(Cl)ccc2C)c2ccsc2n1. The molecular formula is C14H12ClN3OS. The summed E-state index contributed by atoms with van der Waals surface area (Å²) in [5.74, 6) is 1.77. The van der Waals surface area contributed by atoms with E-state index in [4.69, 9.17) is 16.3 Å². The van der Waals surface area contributed by atoms with Gasteiger partial charge in [0, 0.05) is 12.1 Å². The number of nitrogens with one attached hydrogen (secondary N) is 1. The Labute approximate surface area is 125 Å². The van der Waals surface area contributed by atoms with E-state index in [1.165, 1.54) is 0 Å². The molecule has 0 aliphatic rings. The van der Waals surface area contributed by atoms with Crippen LogP contribution in [0.4, 0.5) is 5.95 Å². The molecule has 2 heterocycles. The summed E-state index contributed by atoms with van der Waals surface area (Å²) in [7, 11) is 1.78. The van der Waals surface area contributed by atoms with Crippen LogP contribution in [0.5, 0.6) is 11.6 Å². The summed E-state index contributed by atoms with van der Waals surface area (Å²) >= 11 is 7.57. The third kappa shape index (κ3) is 2.42. The van der Waals surface area contributed by atoms with Gasteiger partial charge < -0.3 is 10.1 Å². The number of benzene rings is 1. The number of fused-ring (bicyclic) bond motifs is 1. The number of thiophene rings is 1. The molecule has 0 radical (unpaired) electrons. The summed E-state index contributed by atoms with van der Waals surface area (Å²) in [6, 6.07) is 7.50. The number of halogens is 1. The molecule has 3 aromatic rings. The highest BCUT2D eigenvalue weighted by Crippen LogP contribution is 2.33. The van der Waals surface area contributed by atoms with Gasteiger partial charge in [0.05, 0.1) is 5.39 Å². The van der Waals surface area contributed by atoms with E-state index >= 15 is 0 Å². The predicted molar refractivity (Wildman–Crippen MR) is 83.2 cm³/mol. The lowest BCUT2D eigenvalue weighted by molar-refractivity contribution is 0.465. The van der Waals surface area contributed by atoms with E-state index in [2.05, 4.69) is 15.3 Å². The highest BCUT2D eigenvalue weighted by molar-refractivity contribution is 7.16. The minimum absolute atomic E-state index is 0.533. The third-order valence-electron chi connectivity index (χ3n) is 2.87. The first-order valence-electron chi connectivity index (χ1n) is 6.04. The highest BCUT2D eigenvalue weighted by Gasteiger charge is 2.11. The summed E-state index contributed by atoms with van der Waals surface area (Å²) in [5, 5.41) is 6.44. The Kier molecular flexibility index (Phi) is 3.46. The average Bonchev–Trinajstić information content (AvgIpc) is 2.91. The molecule has 0 aliphatic carbocycles. The second-order valence-electron chi connectivity index (χ2n) is 4.25. The topological polar surface area (TPSA) is 47.0 Å². The molecule has 0 aliphatic heterocycles. The Morgan fingerprint density at radius 3 is 2.90 bits per heavy atom. The molecule has 0 saturated carbocycles. The fourth-order valence-corrected chi connectivity index (χ4v) is 2.72. The Balaban J connectivity index is 2.09. The molecule has 0 amide bonds. The first-order valence-corrected chi connectivity index (χ1v) is 7.30. The number of hydrogen-bond acceptors (Lipinski definition) is 5. The van der Waals surface area contributed by atoms with Crippen molar-refractivity contribution >= 4 is 39.1 Å². The molecule has 3 rings (SSSR count). The molecule has 1 N–H and O–H groups in total. The van der Waals surface area contributed by atoms with Crippen LogP contribution < -0.4 is 10.1 Å². The van der Waals surface area contributed by atoms with E-state index in [0.717, 1.165) is 15.8 Å². The van der Waals surface area contributed by atoms with Crippen LogP contribution in [0.2, 0.25) is 5.02 Å². The van der Waals surface area contributed by atoms with Crippen molar-refractivity contribution in [3.63, 3.8) is 0 Å². The zero-order valence-corrected chi connectivity index (χ0v) is 12.5. The maximum absolute atomic E-state index is 6.02. The van der Waals surface area contributed by atoms with Gasteiger partial charge in [-0.2, -0.15) is 4.98 Å². The molecule has 1 aromatic carbocycles. The number of anilines is 1. The molecule has 2 aromatic heterocycles. The lowest BCUT2D eigenvalue weighted by Gasteiger charge is -2.10. The van der Waals surface area contributed by atoms with Gasteiger partial charge in [-0.15, -0.1) is 11.3 Å². The predicted octanol–water partition coefficient (Wildman–Crippen LogP) is 4.49. The summed E-state index contributed by atoms with van der Waals surface area (Å²) in [4.78, 5) is 9.65. The van der Waals surface area contributed by atoms with Gasteiger partial charge in [0.2, 0.25) is 11.8 Å². The van der Waals surface area contributed by atoms with Crippen molar-refractivity contribution in [2.45, 2.75) is 6.92 Å². The Bertz CT molecular complexity index is 772. The Hall–Kier alpha value is -1.85. The van der Waals surface area contributed by atoms with Crippen LogP contribution in [-0.2, 0) is 0 Å². The van der Waals surface area contributed by atoms with E-state index in [0.29, 0.717) is 22.6 Å². The van der Waals surface area contributed by atoms with E-state index in [1.54, 1.807) is 24.5 Å².